The molecule has 2 nitrogen and oxygen atoms in total. The molecule has 27 heavy (non-hydrogen) atoms. The maximum absolute atomic E-state index is 6.40. The van der Waals surface area contributed by atoms with Gasteiger partial charge in [-0.15, -0.1) is 0 Å². The second-order valence-electron chi connectivity index (χ2n) is 10.1. The quantitative estimate of drug-likeness (QED) is 0.368. The van der Waals surface area contributed by atoms with E-state index in [4.69, 9.17) is 9.31 Å². The van der Waals surface area contributed by atoms with Crippen molar-refractivity contribution in [3.8, 4) is 0 Å². The first-order valence-corrected chi connectivity index (χ1v) is 11.6. The lowest BCUT2D eigenvalue weighted by atomic mass is 9.72. The molecule has 3 aliphatic rings. The Morgan fingerprint density at radius 1 is 0.815 bits per heavy atom. The third-order valence-corrected chi connectivity index (χ3v) is 7.31. The predicted octanol–water partition coefficient (Wildman–Crippen LogP) is 7.04. The van der Waals surface area contributed by atoms with Gasteiger partial charge in [0.1, 0.15) is 0 Å². The number of hydrogen-bond acceptors (Lipinski definition) is 2. The van der Waals surface area contributed by atoms with Crippen LogP contribution in [0.25, 0.3) is 0 Å². The molecule has 0 spiro atoms. The molecule has 0 bridgehead atoms. The van der Waals surface area contributed by atoms with Crippen molar-refractivity contribution in [3.05, 3.63) is 23.7 Å². The number of rotatable bonds is 6. The molecule has 0 unspecified atom stereocenters. The van der Waals surface area contributed by atoms with Gasteiger partial charge < -0.3 is 9.31 Å². The topological polar surface area (TPSA) is 18.5 Å². The Bertz CT molecular complexity index is 506. The zero-order valence-corrected chi connectivity index (χ0v) is 18.3. The van der Waals surface area contributed by atoms with Gasteiger partial charge in [-0.3, -0.25) is 0 Å². The third kappa shape index (κ3) is 5.73. The van der Waals surface area contributed by atoms with Crippen molar-refractivity contribution >= 4 is 7.12 Å². The van der Waals surface area contributed by atoms with Crippen molar-refractivity contribution in [2.75, 3.05) is 0 Å². The Hall–Kier alpha value is -0.535. The Balaban J connectivity index is 1.63. The van der Waals surface area contributed by atoms with Gasteiger partial charge in [0, 0.05) is 0 Å². The zero-order chi connectivity index (χ0) is 19.3. The van der Waals surface area contributed by atoms with Crippen LogP contribution >= 0.6 is 0 Å². The Kier molecular flexibility index (Phi) is 7.30. The van der Waals surface area contributed by atoms with E-state index in [1.165, 1.54) is 69.7 Å². The molecule has 0 N–H and O–H groups in total. The molecule has 3 heteroatoms. The van der Waals surface area contributed by atoms with E-state index in [2.05, 4.69) is 45.9 Å². The van der Waals surface area contributed by atoms with Gasteiger partial charge in [0.25, 0.3) is 0 Å². The summed E-state index contributed by atoms with van der Waals surface area (Å²) in [4.78, 5) is 0. The van der Waals surface area contributed by atoms with Crippen molar-refractivity contribution in [2.45, 2.75) is 116 Å². The fourth-order valence-corrected chi connectivity index (χ4v) is 4.74. The molecule has 0 aromatic rings. The minimum Gasteiger partial charge on any atom is -0.400 e. The van der Waals surface area contributed by atoms with Crippen molar-refractivity contribution in [1.82, 2.24) is 0 Å². The summed E-state index contributed by atoms with van der Waals surface area (Å²) in [5.74, 6) is 1.54. The average Bonchev–Trinajstić information content (AvgIpc) is 2.87. The average molecular weight is 372 g/mol. The molecule has 2 aliphatic carbocycles. The van der Waals surface area contributed by atoms with Gasteiger partial charge in [-0.05, 0) is 83.5 Å². The molecule has 3 rings (SSSR count). The van der Waals surface area contributed by atoms with E-state index >= 15 is 0 Å². The second-order valence-corrected chi connectivity index (χ2v) is 10.1. The van der Waals surface area contributed by atoms with Gasteiger partial charge in [-0.25, -0.2) is 0 Å². The first kappa shape index (κ1) is 21.2. The Morgan fingerprint density at radius 2 is 1.33 bits per heavy atom. The molecule has 152 valence electrons. The van der Waals surface area contributed by atoms with E-state index in [1.54, 1.807) is 0 Å². The maximum Gasteiger partial charge on any atom is 0.490 e. The first-order valence-electron chi connectivity index (χ1n) is 11.6. The number of allylic oxidation sites excluding steroid dienone is 4. The lowest BCUT2D eigenvalue weighted by Crippen LogP contribution is -2.41. The number of hydrogen-bond donors (Lipinski definition) is 0. The summed E-state index contributed by atoms with van der Waals surface area (Å²) in [6.07, 6.45) is 23.5. The molecule has 1 heterocycles. The lowest BCUT2D eigenvalue weighted by molar-refractivity contribution is 0.00578. The normalized spacial score (nSPS) is 27.6. The summed E-state index contributed by atoms with van der Waals surface area (Å²) in [5.41, 5.74) is 0.886. The highest BCUT2D eigenvalue weighted by Crippen LogP contribution is 2.40. The van der Waals surface area contributed by atoms with E-state index in [-0.39, 0.29) is 18.3 Å². The lowest BCUT2D eigenvalue weighted by Gasteiger charge is -2.32. The van der Waals surface area contributed by atoms with E-state index < -0.39 is 0 Å². The first-order chi connectivity index (χ1) is 12.9. The van der Waals surface area contributed by atoms with Crippen molar-refractivity contribution in [3.63, 3.8) is 0 Å². The molecule has 2 saturated carbocycles. The molecular formula is C24H41BO2. The summed E-state index contributed by atoms with van der Waals surface area (Å²) < 4.78 is 12.8. The Morgan fingerprint density at radius 3 is 1.89 bits per heavy atom. The van der Waals surface area contributed by atoms with Crippen molar-refractivity contribution in [1.29, 1.82) is 0 Å². The van der Waals surface area contributed by atoms with Gasteiger partial charge in [-0.2, -0.15) is 0 Å². The van der Waals surface area contributed by atoms with Gasteiger partial charge in [0.15, 0.2) is 0 Å². The van der Waals surface area contributed by atoms with Crippen LogP contribution in [0.15, 0.2) is 23.7 Å². The predicted molar refractivity (Wildman–Crippen MR) is 116 cm³/mol. The highest BCUT2D eigenvalue weighted by Gasteiger charge is 2.52. The van der Waals surface area contributed by atoms with Crippen molar-refractivity contribution in [2.24, 2.45) is 11.8 Å². The molecule has 0 radical (unpaired) electrons. The second kappa shape index (κ2) is 9.31. The van der Waals surface area contributed by atoms with E-state index in [9.17, 15) is 0 Å². The van der Waals surface area contributed by atoms with Crippen LogP contribution in [0.5, 0.6) is 0 Å². The molecule has 0 amide bonds. The molecule has 3 fully saturated rings. The molecule has 0 aromatic heterocycles. The summed E-state index contributed by atoms with van der Waals surface area (Å²) in [6.45, 7) is 8.64. The summed E-state index contributed by atoms with van der Waals surface area (Å²) >= 11 is 0. The monoisotopic (exact) mass is 372 g/mol. The van der Waals surface area contributed by atoms with Crippen molar-refractivity contribution < 1.29 is 9.31 Å². The van der Waals surface area contributed by atoms with Crippen LogP contribution in [0.4, 0.5) is 0 Å². The largest absolute Gasteiger partial charge is 0.490 e. The van der Waals surface area contributed by atoms with Crippen LogP contribution < -0.4 is 0 Å². The summed E-state index contributed by atoms with van der Waals surface area (Å²) in [6, 6.07) is 0. The molecule has 0 aromatic carbocycles. The third-order valence-electron chi connectivity index (χ3n) is 7.31. The van der Waals surface area contributed by atoms with E-state index in [0.717, 1.165) is 24.7 Å². The van der Waals surface area contributed by atoms with Gasteiger partial charge in [0.2, 0.25) is 0 Å². The highest BCUT2D eigenvalue weighted by molar-refractivity contribution is 6.54. The minimum absolute atomic E-state index is 0.167. The SMILES string of the molecule is CC1(C)OB(/C(=C/C2CCCCC2)CC/C=C/C2CCCCC2)OC1(C)C. The Labute approximate surface area is 168 Å². The van der Waals surface area contributed by atoms with Crippen LogP contribution in [0.1, 0.15) is 105 Å². The molecular weight excluding hydrogens is 331 g/mol. The smallest absolute Gasteiger partial charge is 0.400 e. The molecule has 0 atom stereocenters. The highest BCUT2D eigenvalue weighted by atomic mass is 16.7. The van der Waals surface area contributed by atoms with Crippen LogP contribution in [0, 0.1) is 11.8 Å². The summed E-state index contributed by atoms with van der Waals surface area (Å²) in [5, 5.41) is 0. The minimum atomic E-state index is -0.249. The zero-order valence-electron chi connectivity index (χ0n) is 18.3. The van der Waals surface area contributed by atoms with Gasteiger partial charge in [-0.1, -0.05) is 56.8 Å². The van der Waals surface area contributed by atoms with Crippen LogP contribution in [0.2, 0.25) is 0 Å². The van der Waals surface area contributed by atoms with Crippen LogP contribution in [-0.4, -0.2) is 18.3 Å². The van der Waals surface area contributed by atoms with E-state index in [0.29, 0.717) is 0 Å². The standard InChI is InChI=1S/C24H41BO2/c1-23(2)24(3,4)27-25(26-23)22(19-21-16-9-6-10-17-21)18-12-11-15-20-13-7-5-8-14-20/h11,15,19-21H,5-10,12-14,16-18H2,1-4H3/b15-11+,22-19+. The van der Waals surface area contributed by atoms with Crippen LogP contribution in [0.3, 0.4) is 0 Å². The molecule has 1 aliphatic heterocycles. The maximum atomic E-state index is 6.40. The summed E-state index contributed by atoms with van der Waals surface area (Å²) in [7, 11) is -0.167. The van der Waals surface area contributed by atoms with Gasteiger partial charge in [0.05, 0.1) is 11.2 Å². The van der Waals surface area contributed by atoms with Crippen LogP contribution in [-0.2, 0) is 9.31 Å². The van der Waals surface area contributed by atoms with E-state index in [1.807, 2.05) is 0 Å². The fraction of sp³-hybridized carbons (Fsp3) is 0.833. The van der Waals surface area contributed by atoms with Gasteiger partial charge >= 0.3 is 7.12 Å². The fourth-order valence-electron chi connectivity index (χ4n) is 4.74. The molecule has 1 saturated heterocycles.